The van der Waals surface area contributed by atoms with Gasteiger partial charge in [-0.3, -0.25) is 29.3 Å². The lowest BCUT2D eigenvalue weighted by molar-refractivity contribution is -0.121. The molecule has 5 aromatic rings. The van der Waals surface area contributed by atoms with Crippen molar-refractivity contribution in [1.82, 2.24) is 30.4 Å². The molecule has 56 heavy (non-hydrogen) atoms. The zero-order valence-electron chi connectivity index (χ0n) is 32.4. The maximum absolute atomic E-state index is 13.2. The molecule has 0 bridgehead atoms. The number of thiophene rings is 1. The molecule has 1 aliphatic heterocycles. The first-order valence-corrected chi connectivity index (χ1v) is 21.0. The van der Waals surface area contributed by atoms with Crippen LogP contribution in [0.1, 0.15) is 105 Å². The van der Waals surface area contributed by atoms with Crippen LogP contribution in [0, 0.1) is 34.6 Å². The Balaban J connectivity index is 0.890. The van der Waals surface area contributed by atoms with Crippen molar-refractivity contribution in [3.05, 3.63) is 103 Å². The third-order valence-corrected chi connectivity index (χ3v) is 12.2. The molecule has 4 heterocycles. The molecular weight excluding hydrogens is 766 g/mol. The number of aromatic nitrogens is 4. The number of fused-ring (bicyclic) bond motifs is 3. The molecule has 1 aliphatic rings. The van der Waals surface area contributed by atoms with E-state index in [2.05, 4.69) is 54.9 Å². The molecule has 1 atom stereocenters. The Bertz CT molecular complexity index is 2210. The summed E-state index contributed by atoms with van der Waals surface area (Å²) in [4.78, 5) is 50.6. The zero-order valence-corrected chi connectivity index (χ0v) is 34.8. The third kappa shape index (κ3) is 9.96. The van der Waals surface area contributed by atoms with Gasteiger partial charge in [0.1, 0.15) is 16.9 Å². The second-order valence-corrected chi connectivity index (χ2v) is 16.8. The molecule has 2 aromatic carbocycles. The van der Waals surface area contributed by atoms with Crippen LogP contribution >= 0.6 is 34.3 Å². The quantitative estimate of drug-likeness (QED) is 0.0690. The molecule has 3 amide bonds. The highest BCUT2D eigenvalue weighted by molar-refractivity contribution is 7.16. The maximum atomic E-state index is 13.2. The molecule has 15 heteroatoms. The average molecular weight is 814 g/mol. The van der Waals surface area contributed by atoms with E-state index in [1.165, 1.54) is 16.2 Å². The van der Waals surface area contributed by atoms with Crippen molar-refractivity contribution in [3.8, 4) is 5.00 Å². The van der Waals surface area contributed by atoms with Crippen molar-refractivity contribution in [2.24, 2.45) is 4.99 Å². The molecule has 0 fully saturated rings. The van der Waals surface area contributed by atoms with Crippen LogP contribution in [0.25, 0.3) is 5.00 Å². The topological polar surface area (TPSA) is 155 Å². The monoisotopic (exact) mass is 813 g/mol. The molecule has 0 saturated heterocycles. The number of aliphatic imine (C=N–C) groups is 1. The van der Waals surface area contributed by atoms with Crippen molar-refractivity contribution < 1.29 is 14.4 Å². The SMILES string of the molecule is Cc1nc(NC(=O)c2ccccc2NC(=O)CCCCCCCNCCNC(=O)C[C@@H]2N=C(c3ccc(Cl)cc3)c3c(sc(C)c3C)-n3c(C)nnc32)sc1C. The Kier molecular flexibility index (Phi) is 13.8. The second kappa shape index (κ2) is 18.9. The molecule has 12 nitrogen and oxygen atoms in total. The van der Waals surface area contributed by atoms with Crippen molar-refractivity contribution in [3.63, 3.8) is 0 Å². The van der Waals surface area contributed by atoms with Crippen LogP contribution in [0.5, 0.6) is 0 Å². The van der Waals surface area contributed by atoms with Gasteiger partial charge in [0.2, 0.25) is 11.8 Å². The molecule has 294 valence electrons. The van der Waals surface area contributed by atoms with Crippen LogP contribution in [-0.4, -0.2) is 62.8 Å². The number of amides is 3. The van der Waals surface area contributed by atoms with E-state index in [0.717, 1.165) is 82.4 Å². The second-order valence-electron chi connectivity index (χ2n) is 13.9. The van der Waals surface area contributed by atoms with Crippen LogP contribution in [0.2, 0.25) is 5.02 Å². The summed E-state index contributed by atoms with van der Waals surface area (Å²) in [6.07, 6.45) is 5.31. The minimum Gasteiger partial charge on any atom is -0.355 e. The standard InChI is InChI=1S/C41H48ClN9O3S2/c1-24-26(3)55-40-36(24)37(29-16-18-30(42)19-17-29)47-33(38-50-49-28(5)51(38)40)23-35(53)44-22-21-43-20-12-8-6-7-9-15-34(52)46-32-14-11-10-13-31(32)39(54)48-41-45-25(2)27(4)56-41/h10-11,13-14,16-19,33,43H,6-9,12,15,20-23H2,1-5H3,(H,44,53)(H,46,52)(H,45,48,54)/t33-/m0/s1. The zero-order chi connectivity index (χ0) is 39.8. The predicted molar refractivity (Wildman–Crippen MR) is 226 cm³/mol. The van der Waals surface area contributed by atoms with Crippen LogP contribution in [0.15, 0.2) is 53.5 Å². The first kappa shape index (κ1) is 40.9. The molecule has 0 aliphatic carbocycles. The number of nitrogens with zero attached hydrogens (tertiary/aromatic N) is 5. The number of carbonyl (C=O) groups is 3. The fraction of sp³-hybridized carbons (Fsp3) is 0.390. The van der Waals surface area contributed by atoms with E-state index in [1.807, 2.05) is 45.0 Å². The number of thiazole rings is 1. The van der Waals surface area contributed by atoms with E-state index in [4.69, 9.17) is 16.6 Å². The summed E-state index contributed by atoms with van der Waals surface area (Å²) in [5, 5.41) is 23.3. The number of hydrogen-bond donors (Lipinski definition) is 4. The van der Waals surface area contributed by atoms with Gasteiger partial charge in [0, 0.05) is 45.4 Å². The Morgan fingerprint density at radius 2 is 1.55 bits per heavy atom. The van der Waals surface area contributed by atoms with Gasteiger partial charge in [-0.1, -0.05) is 55.1 Å². The number of nitrogens with one attached hydrogen (secondary N) is 4. The van der Waals surface area contributed by atoms with E-state index in [1.54, 1.807) is 35.6 Å². The summed E-state index contributed by atoms with van der Waals surface area (Å²) in [6, 6.07) is 14.2. The number of para-hydroxylation sites is 1. The highest BCUT2D eigenvalue weighted by Crippen LogP contribution is 2.39. The molecule has 6 rings (SSSR count). The van der Waals surface area contributed by atoms with Gasteiger partial charge in [-0.2, -0.15) is 0 Å². The van der Waals surface area contributed by atoms with Gasteiger partial charge in [0.25, 0.3) is 5.91 Å². The van der Waals surface area contributed by atoms with Gasteiger partial charge in [0.05, 0.1) is 29.1 Å². The number of carbonyl (C=O) groups excluding carboxylic acids is 3. The Labute approximate surface area is 340 Å². The average Bonchev–Trinajstić information content (AvgIpc) is 3.78. The maximum Gasteiger partial charge on any atom is 0.259 e. The van der Waals surface area contributed by atoms with Crippen LogP contribution in [0.3, 0.4) is 0 Å². The highest BCUT2D eigenvalue weighted by Gasteiger charge is 2.32. The highest BCUT2D eigenvalue weighted by atomic mass is 35.5. The summed E-state index contributed by atoms with van der Waals surface area (Å²) in [7, 11) is 0. The van der Waals surface area contributed by atoms with Crippen molar-refractivity contribution in [2.45, 2.75) is 85.6 Å². The van der Waals surface area contributed by atoms with Gasteiger partial charge < -0.3 is 16.0 Å². The van der Waals surface area contributed by atoms with E-state index >= 15 is 0 Å². The third-order valence-electron chi connectivity index (χ3n) is 9.81. The number of rotatable bonds is 17. The summed E-state index contributed by atoms with van der Waals surface area (Å²) in [5.41, 5.74) is 5.73. The molecule has 0 unspecified atom stereocenters. The molecule has 0 spiro atoms. The minimum absolute atomic E-state index is 0.0991. The van der Waals surface area contributed by atoms with E-state index in [0.29, 0.717) is 46.7 Å². The van der Waals surface area contributed by atoms with Gasteiger partial charge in [-0.05, 0) is 83.8 Å². The largest absolute Gasteiger partial charge is 0.355 e. The lowest BCUT2D eigenvalue weighted by atomic mass is 9.99. The summed E-state index contributed by atoms with van der Waals surface area (Å²) in [5.74, 6) is 0.904. The molecule has 0 radical (unpaired) electrons. The smallest absolute Gasteiger partial charge is 0.259 e. The Hall–Kier alpha value is -4.76. The van der Waals surface area contributed by atoms with Crippen LogP contribution < -0.4 is 21.3 Å². The van der Waals surface area contributed by atoms with E-state index in [9.17, 15) is 14.4 Å². The number of halogens is 1. The minimum atomic E-state index is -0.509. The Morgan fingerprint density at radius 3 is 2.32 bits per heavy atom. The van der Waals surface area contributed by atoms with Gasteiger partial charge in [-0.25, -0.2) is 4.98 Å². The van der Waals surface area contributed by atoms with Crippen molar-refractivity contribution >= 4 is 68.5 Å². The number of benzene rings is 2. The summed E-state index contributed by atoms with van der Waals surface area (Å²) >= 11 is 9.34. The molecular formula is C41H48ClN9O3S2. The Morgan fingerprint density at radius 1 is 0.804 bits per heavy atom. The molecule has 4 N–H and O–H groups in total. The molecule has 3 aromatic heterocycles. The first-order valence-electron chi connectivity index (χ1n) is 19.0. The van der Waals surface area contributed by atoms with Crippen LogP contribution in [-0.2, 0) is 9.59 Å². The molecule has 0 saturated carbocycles. The number of anilines is 2. The lowest BCUT2D eigenvalue weighted by Crippen LogP contribution is -2.33. The summed E-state index contributed by atoms with van der Waals surface area (Å²) in [6.45, 7) is 12.0. The van der Waals surface area contributed by atoms with Crippen molar-refractivity contribution in [2.75, 3.05) is 30.3 Å². The van der Waals surface area contributed by atoms with Gasteiger partial charge >= 0.3 is 0 Å². The van der Waals surface area contributed by atoms with Gasteiger partial charge in [-0.15, -0.1) is 32.9 Å². The van der Waals surface area contributed by atoms with E-state index in [-0.39, 0.29) is 24.1 Å². The summed E-state index contributed by atoms with van der Waals surface area (Å²) < 4.78 is 2.05. The lowest BCUT2D eigenvalue weighted by Gasteiger charge is -2.13. The fourth-order valence-corrected chi connectivity index (χ4v) is 8.70. The number of aryl methyl sites for hydroxylation is 4. The number of hydrogen-bond acceptors (Lipinski definition) is 10. The van der Waals surface area contributed by atoms with Gasteiger partial charge in [0.15, 0.2) is 11.0 Å². The normalized spacial score (nSPS) is 13.4. The number of unbranched alkanes of at least 4 members (excludes halogenated alkanes) is 4. The van der Waals surface area contributed by atoms with E-state index < -0.39 is 6.04 Å². The van der Waals surface area contributed by atoms with Crippen LogP contribution in [0.4, 0.5) is 10.8 Å². The fourth-order valence-electron chi connectivity index (χ4n) is 6.55. The predicted octanol–water partition coefficient (Wildman–Crippen LogP) is 8.20. The first-order chi connectivity index (χ1) is 27.0. The van der Waals surface area contributed by atoms with Crippen molar-refractivity contribution in [1.29, 1.82) is 0 Å².